The van der Waals surface area contributed by atoms with Gasteiger partial charge in [-0.3, -0.25) is 94.9 Å². The lowest BCUT2D eigenvalue weighted by Gasteiger charge is -2.30. The molecule has 0 fully saturated rings. The molecule has 52 heteroatoms. The predicted molar refractivity (Wildman–Crippen MR) is 516 cm³/mol. The Labute approximate surface area is 823 Å². The van der Waals surface area contributed by atoms with Crippen LogP contribution in [0, 0.1) is 45.3 Å². The van der Waals surface area contributed by atoms with Crippen molar-refractivity contribution in [3.05, 3.63) is 0 Å². The SMILES string of the molecule is CCCCCCCCCCCCC(CNC(=O)CC(C(=O)O)S(=O)(=O)O)C(C)(C(=O)O)C(=O)O.CCCCCCCCCCCCC(CNC(=O)CC(C(=O)O)S(=O)(=O)O)C(C)(C(=O)O)C(=O)O.CCCCCCCCCCCCC(CNC(=O)CC(C(=O)O)S(=O)(=O)O)C(C)(C(=O)O)C(=O)O.CCCCCCCCCCCCC(CNC(=O)CC(C(=O)O)S(=O)(=O)O)C(C)(C(=O)O)C(=O)O.N.N.N.N. The van der Waals surface area contributed by atoms with Crippen molar-refractivity contribution in [1.29, 1.82) is 0 Å². The highest BCUT2D eigenvalue weighted by atomic mass is 32.2. The Bertz CT molecular complexity index is 3600. The standard InChI is InChI=1S/4C22H39NO10S.4H3N/c4*1-3-4-5-6-7-8-9-10-11-12-13-16(22(2,20(27)28)21(29)30)15-23-18(24)14-17(19(25)26)34(31,32)33;;;;/h4*16-17H,3-15H2,1-2H3,(H,23,24)(H,25,26)(H,27,28)(H,29,30)(H,31,32,33);4*1H3. The largest absolute Gasteiger partial charge is 0.480 e. The molecule has 0 radical (unpaired) electrons. The molecule has 0 saturated carbocycles. The average Bonchev–Trinajstić information content (AvgIpc) is 0.813. The third kappa shape index (κ3) is 60.4. The van der Waals surface area contributed by atoms with Gasteiger partial charge in [-0.25, -0.2) is 0 Å². The maximum absolute atomic E-state index is 12.1. The van der Waals surface area contributed by atoms with Gasteiger partial charge in [-0.05, 0) is 53.4 Å². The number of carbonyl (C=O) groups is 16. The molecule has 0 saturated heterocycles. The molecule has 0 bridgehead atoms. The number of amides is 4. The lowest BCUT2D eigenvalue weighted by molar-refractivity contribution is -0.169. The molecule has 48 nitrogen and oxygen atoms in total. The van der Waals surface area contributed by atoms with Gasteiger partial charge >= 0.3 is 71.6 Å². The van der Waals surface area contributed by atoms with Gasteiger partial charge in [-0.15, -0.1) is 0 Å². The van der Waals surface area contributed by atoms with Crippen LogP contribution in [0.3, 0.4) is 0 Å². The molecule has 0 spiro atoms. The first-order valence-electron chi connectivity index (χ1n) is 46.8. The average molecular weight is 2110 g/mol. The smallest absolute Gasteiger partial charge is 0.324 e. The maximum Gasteiger partial charge on any atom is 0.324 e. The molecule has 8 unspecified atom stereocenters. The molecular formula is C88H168N8O40S4. The van der Waals surface area contributed by atoms with Crippen molar-refractivity contribution >= 4 is 136 Å². The number of aliphatic carboxylic acids is 12. The molecule has 140 heavy (non-hydrogen) atoms. The van der Waals surface area contributed by atoms with Gasteiger partial charge in [-0.2, -0.15) is 33.7 Å². The number of unbranched alkanes of at least 4 members (excludes halogenated alkanes) is 36. The van der Waals surface area contributed by atoms with Crippen LogP contribution in [-0.2, 0) is 117 Å². The summed E-state index contributed by atoms with van der Waals surface area (Å²) in [6, 6.07) is 0. The number of carbonyl (C=O) groups excluding carboxylic acids is 4. The zero-order chi connectivity index (χ0) is 105. The highest BCUT2D eigenvalue weighted by molar-refractivity contribution is 7.88. The third-order valence-electron chi connectivity index (χ3n) is 24.7. The molecule has 4 amide bonds. The number of hydrogen-bond donors (Lipinski definition) is 24. The summed E-state index contributed by atoms with van der Waals surface area (Å²) in [5.41, 5.74) is -8.83. The van der Waals surface area contributed by atoms with Gasteiger partial charge in [-0.1, -0.05) is 285 Å². The first kappa shape index (κ1) is 146. The van der Waals surface area contributed by atoms with Gasteiger partial charge in [0.2, 0.25) is 23.6 Å². The Hall–Kier alpha value is -9.00. The summed E-state index contributed by atoms with van der Waals surface area (Å²) in [5, 5.41) is 111. The summed E-state index contributed by atoms with van der Waals surface area (Å²) < 4.78 is 125. The van der Waals surface area contributed by atoms with Crippen LogP contribution in [0.2, 0.25) is 0 Å². The molecule has 0 heterocycles. The highest BCUT2D eigenvalue weighted by Crippen LogP contribution is 2.37. The number of nitrogens with one attached hydrogen (secondary N) is 4. The van der Waals surface area contributed by atoms with E-state index in [1.54, 1.807) is 0 Å². The molecule has 0 aromatic heterocycles. The van der Waals surface area contributed by atoms with Crippen LogP contribution in [0.4, 0.5) is 0 Å². The summed E-state index contributed by atoms with van der Waals surface area (Å²) in [6.45, 7) is 11.2. The Kier molecular flexibility index (Phi) is 81.1. The van der Waals surface area contributed by atoms with Crippen molar-refractivity contribution in [3.8, 4) is 0 Å². The van der Waals surface area contributed by atoms with Gasteiger partial charge < -0.3 is 107 Å². The van der Waals surface area contributed by atoms with Crippen molar-refractivity contribution in [2.75, 3.05) is 26.2 Å². The van der Waals surface area contributed by atoms with E-state index in [2.05, 4.69) is 49.0 Å². The number of carboxylic acid groups (broad SMARTS) is 12. The molecule has 824 valence electrons. The minimum Gasteiger partial charge on any atom is -0.480 e. The quantitative estimate of drug-likeness (QED) is 0.0153. The van der Waals surface area contributed by atoms with E-state index in [4.69, 9.17) is 38.6 Å². The van der Waals surface area contributed by atoms with E-state index in [9.17, 15) is 151 Å². The molecule has 0 aliphatic carbocycles. The molecule has 0 aromatic rings. The van der Waals surface area contributed by atoms with E-state index in [-0.39, 0.29) is 50.3 Å². The van der Waals surface area contributed by atoms with Gasteiger partial charge in [0.15, 0.2) is 42.7 Å². The Morgan fingerprint density at radius 2 is 0.314 bits per heavy atom. The zero-order valence-electron chi connectivity index (χ0n) is 82.8. The van der Waals surface area contributed by atoms with Gasteiger partial charge in [0.1, 0.15) is 0 Å². The van der Waals surface area contributed by atoms with Crippen molar-refractivity contribution in [3.63, 3.8) is 0 Å². The van der Waals surface area contributed by atoms with Gasteiger partial charge in [0, 0.05) is 49.9 Å². The minimum atomic E-state index is -5.03. The molecule has 32 N–H and O–H groups in total. The summed E-state index contributed by atoms with van der Waals surface area (Å²) in [7, 11) is -20.1. The summed E-state index contributed by atoms with van der Waals surface area (Å²) in [5.74, 6) is -28.6. The molecule has 8 atom stereocenters. The fraction of sp³-hybridized carbons (Fsp3) is 0.818. The van der Waals surface area contributed by atoms with Crippen LogP contribution in [0.1, 0.15) is 364 Å². The molecule has 0 aliphatic heterocycles. The molecular weight excluding hydrogens is 1940 g/mol. The first-order valence-corrected chi connectivity index (χ1v) is 52.8. The third-order valence-corrected chi connectivity index (χ3v) is 29.0. The van der Waals surface area contributed by atoms with E-state index in [0.717, 1.165) is 156 Å². The van der Waals surface area contributed by atoms with Crippen molar-refractivity contribution in [1.82, 2.24) is 45.9 Å². The molecule has 0 aliphatic rings. The lowest BCUT2D eigenvalue weighted by Crippen LogP contribution is -2.48. The van der Waals surface area contributed by atoms with E-state index in [1.807, 2.05) is 0 Å². The summed E-state index contributed by atoms with van der Waals surface area (Å²) in [6.07, 6.45) is 37.8. The van der Waals surface area contributed by atoms with Crippen LogP contribution in [0.5, 0.6) is 0 Å². The van der Waals surface area contributed by atoms with Gasteiger partial charge in [0.25, 0.3) is 40.5 Å². The molecule has 0 rings (SSSR count). The number of carboxylic acids is 12. The van der Waals surface area contributed by atoms with E-state index in [0.29, 0.717) is 25.7 Å². The normalized spacial score (nSPS) is 13.3. The van der Waals surface area contributed by atoms with Crippen LogP contribution in [0.25, 0.3) is 0 Å². The van der Waals surface area contributed by atoms with Crippen molar-refractivity contribution in [2.45, 2.75) is 385 Å². The highest BCUT2D eigenvalue weighted by Gasteiger charge is 2.53. The topological polar surface area (TPSA) is 921 Å². The fourth-order valence-electron chi connectivity index (χ4n) is 14.8. The van der Waals surface area contributed by atoms with E-state index < -0.39 is 254 Å². The van der Waals surface area contributed by atoms with Crippen LogP contribution < -0.4 is 45.9 Å². The zero-order valence-corrected chi connectivity index (χ0v) is 86.1. The number of hydrogen-bond acceptors (Lipinski definition) is 28. The second-order valence-electron chi connectivity index (χ2n) is 35.3. The summed E-state index contributed by atoms with van der Waals surface area (Å²) in [4.78, 5) is 186. The van der Waals surface area contributed by atoms with E-state index in [1.165, 1.54) is 103 Å². The minimum absolute atomic E-state index is 0. The first-order chi connectivity index (χ1) is 63.1. The Morgan fingerprint density at radius 3 is 0.407 bits per heavy atom. The van der Waals surface area contributed by atoms with Crippen molar-refractivity contribution in [2.24, 2.45) is 45.3 Å². The van der Waals surface area contributed by atoms with Crippen LogP contribution >= 0.6 is 0 Å². The predicted octanol–water partition coefficient (Wildman–Crippen LogP) is 12.4. The monoisotopic (exact) mass is 2110 g/mol. The molecule has 0 aromatic carbocycles. The van der Waals surface area contributed by atoms with Crippen LogP contribution in [-0.4, -0.2) is 256 Å². The second kappa shape index (κ2) is 77.6. The van der Waals surface area contributed by atoms with Crippen molar-refractivity contribution < 1.29 is 190 Å². The fourth-order valence-corrected chi connectivity index (χ4v) is 17.3. The Morgan fingerprint density at radius 1 is 0.207 bits per heavy atom. The van der Waals surface area contributed by atoms with E-state index >= 15 is 0 Å². The number of rotatable bonds is 80. The van der Waals surface area contributed by atoms with Crippen LogP contribution in [0.15, 0.2) is 0 Å². The second-order valence-corrected chi connectivity index (χ2v) is 41.7. The maximum atomic E-state index is 12.1. The Balaban J connectivity index is -0.000000274. The summed E-state index contributed by atoms with van der Waals surface area (Å²) >= 11 is 0. The lowest BCUT2D eigenvalue weighted by atomic mass is 9.74. The van der Waals surface area contributed by atoms with Gasteiger partial charge in [0.05, 0.1) is 25.7 Å².